The minimum Gasteiger partial charge on any atom is -0.480 e. The number of rotatable bonds is 5. The van der Waals surface area contributed by atoms with Crippen LogP contribution in [0.3, 0.4) is 0 Å². The molecule has 0 aromatic carbocycles. The summed E-state index contributed by atoms with van der Waals surface area (Å²) < 4.78 is 0. The molecule has 0 spiro atoms. The van der Waals surface area contributed by atoms with Crippen LogP contribution in [0.4, 0.5) is 0 Å². The average molecular weight is 266 g/mol. The van der Waals surface area contributed by atoms with Gasteiger partial charge in [-0.1, -0.05) is 6.92 Å². The number of carbonyl (C=O) groups excluding carboxylic acids is 1. The van der Waals surface area contributed by atoms with Crippen LogP contribution in [0.25, 0.3) is 0 Å². The second-order valence-electron chi connectivity index (χ2n) is 4.92. The van der Waals surface area contributed by atoms with E-state index in [0.29, 0.717) is 12.2 Å². The molecule has 1 aromatic heterocycles. The highest BCUT2D eigenvalue weighted by Gasteiger charge is 2.32. The molecule has 19 heavy (non-hydrogen) atoms. The van der Waals surface area contributed by atoms with Crippen LogP contribution < -0.4 is 10.6 Å². The van der Waals surface area contributed by atoms with Gasteiger partial charge in [0.05, 0.1) is 12.2 Å². The number of amides is 1. The van der Waals surface area contributed by atoms with Crippen LogP contribution in [0.15, 0.2) is 12.5 Å². The smallest absolute Gasteiger partial charge is 0.326 e. The van der Waals surface area contributed by atoms with Gasteiger partial charge in [0.25, 0.3) is 0 Å². The molecule has 1 saturated heterocycles. The second kappa shape index (κ2) is 5.83. The quantitative estimate of drug-likeness (QED) is 0.568. The SMILES string of the molecule is CC1CNCC1C(=O)N[C@H](Cc1cnc[nH]1)C(=O)O. The number of H-pyrrole nitrogens is 1. The van der Waals surface area contributed by atoms with Crippen molar-refractivity contribution < 1.29 is 14.7 Å². The van der Waals surface area contributed by atoms with Crippen molar-refractivity contribution in [3.8, 4) is 0 Å². The Balaban J connectivity index is 1.96. The first kappa shape index (κ1) is 13.5. The average Bonchev–Trinajstić information content (AvgIpc) is 2.99. The van der Waals surface area contributed by atoms with Gasteiger partial charge in [-0.3, -0.25) is 4.79 Å². The molecular formula is C12H18N4O3. The number of nitrogens with one attached hydrogen (secondary N) is 3. The van der Waals surface area contributed by atoms with E-state index in [1.54, 1.807) is 6.20 Å². The van der Waals surface area contributed by atoms with Crippen LogP contribution in [0, 0.1) is 11.8 Å². The van der Waals surface area contributed by atoms with Gasteiger partial charge in [0.15, 0.2) is 0 Å². The topological polar surface area (TPSA) is 107 Å². The Bertz CT molecular complexity index is 446. The van der Waals surface area contributed by atoms with E-state index in [1.807, 2.05) is 6.92 Å². The van der Waals surface area contributed by atoms with Gasteiger partial charge in [-0.15, -0.1) is 0 Å². The summed E-state index contributed by atoms with van der Waals surface area (Å²) in [7, 11) is 0. The van der Waals surface area contributed by atoms with Crippen LogP contribution >= 0.6 is 0 Å². The van der Waals surface area contributed by atoms with E-state index in [9.17, 15) is 9.59 Å². The highest BCUT2D eigenvalue weighted by molar-refractivity contribution is 5.85. The van der Waals surface area contributed by atoms with E-state index < -0.39 is 12.0 Å². The molecule has 1 aliphatic rings. The summed E-state index contributed by atoms with van der Waals surface area (Å²) in [6, 6.07) is -0.930. The van der Waals surface area contributed by atoms with Gasteiger partial charge in [-0.25, -0.2) is 9.78 Å². The van der Waals surface area contributed by atoms with E-state index in [4.69, 9.17) is 5.11 Å². The number of hydrogen-bond acceptors (Lipinski definition) is 4. The zero-order valence-corrected chi connectivity index (χ0v) is 10.7. The van der Waals surface area contributed by atoms with Crippen molar-refractivity contribution in [2.45, 2.75) is 19.4 Å². The summed E-state index contributed by atoms with van der Waals surface area (Å²) in [5, 5.41) is 14.9. The molecule has 104 valence electrons. The van der Waals surface area contributed by atoms with Crippen molar-refractivity contribution in [2.75, 3.05) is 13.1 Å². The molecule has 0 aliphatic carbocycles. The third-order valence-corrected chi connectivity index (χ3v) is 3.45. The summed E-state index contributed by atoms with van der Waals surface area (Å²) in [6.45, 7) is 3.37. The number of carbonyl (C=O) groups is 2. The van der Waals surface area contributed by atoms with Crippen molar-refractivity contribution in [2.24, 2.45) is 11.8 Å². The molecule has 7 nitrogen and oxygen atoms in total. The number of carboxylic acid groups (broad SMARTS) is 1. The largest absolute Gasteiger partial charge is 0.480 e. The first-order valence-electron chi connectivity index (χ1n) is 6.29. The van der Waals surface area contributed by atoms with E-state index in [2.05, 4.69) is 20.6 Å². The molecular weight excluding hydrogens is 248 g/mol. The maximum Gasteiger partial charge on any atom is 0.326 e. The van der Waals surface area contributed by atoms with E-state index in [0.717, 1.165) is 6.54 Å². The molecule has 2 rings (SSSR count). The highest BCUT2D eigenvalue weighted by atomic mass is 16.4. The molecule has 1 amide bonds. The van der Waals surface area contributed by atoms with Crippen molar-refractivity contribution in [3.63, 3.8) is 0 Å². The van der Waals surface area contributed by atoms with Gasteiger partial charge < -0.3 is 20.7 Å². The molecule has 0 bridgehead atoms. The predicted octanol–water partition coefficient (Wildman–Crippen LogP) is -0.623. The number of hydrogen-bond donors (Lipinski definition) is 4. The third-order valence-electron chi connectivity index (χ3n) is 3.45. The molecule has 2 heterocycles. The summed E-state index contributed by atoms with van der Waals surface area (Å²) >= 11 is 0. The van der Waals surface area contributed by atoms with Crippen molar-refractivity contribution in [3.05, 3.63) is 18.2 Å². The van der Waals surface area contributed by atoms with Gasteiger partial charge in [-0.05, 0) is 12.5 Å². The molecule has 0 radical (unpaired) electrons. The monoisotopic (exact) mass is 266 g/mol. The molecule has 4 N–H and O–H groups in total. The summed E-state index contributed by atoms with van der Waals surface area (Å²) in [4.78, 5) is 29.9. The Kier molecular flexibility index (Phi) is 4.16. The zero-order chi connectivity index (χ0) is 13.8. The third kappa shape index (κ3) is 3.31. The normalized spacial score (nSPS) is 24.1. The maximum atomic E-state index is 12.1. The van der Waals surface area contributed by atoms with Crippen LogP contribution in [-0.2, 0) is 16.0 Å². The summed E-state index contributed by atoms with van der Waals surface area (Å²) in [6.07, 6.45) is 3.25. The van der Waals surface area contributed by atoms with Crippen LogP contribution in [0.5, 0.6) is 0 Å². The minimum absolute atomic E-state index is 0.163. The zero-order valence-electron chi connectivity index (χ0n) is 10.7. The summed E-state index contributed by atoms with van der Waals surface area (Å²) in [5.74, 6) is -1.18. The fourth-order valence-electron chi connectivity index (χ4n) is 2.26. The lowest BCUT2D eigenvalue weighted by atomic mass is 9.96. The Morgan fingerprint density at radius 3 is 2.89 bits per heavy atom. The van der Waals surface area contributed by atoms with Gasteiger partial charge >= 0.3 is 5.97 Å². The maximum absolute atomic E-state index is 12.1. The number of nitrogens with zero attached hydrogens (tertiary/aromatic N) is 1. The Labute approximate surface area is 110 Å². The number of aliphatic carboxylic acids is 1. The first-order valence-corrected chi connectivity index (χ1v) is 6.29. The molecule has 3 atom stereocenters. The fraction of sp³-hybridized carbons (Fsp3) is 0.583. The highest BCUT2D eigenvalue weighted by Crippen LogP contribution is 2.16. The minimum atomic E-state index is -1.04. The molecule has 0 saturated carbocycles. The van der Waals surface area contributed by atoms with Crippen molar-refractivity contribution >= 4 is 11.9 Å². The van der Waals surface area contributed by atoms with E-state index in [-0.39, 0.29) is 24.2 Å². The Morgan fingerprint density at radius 1 is 1.58 bits per heavy atom. The van der Waals surface area contributed by atoms with Gasteiger partial charge in [0.2, 0.25) is 5.91 Å². The molecule has 1 aliphatic heterocycles. The standard InChI is InChI=1S/C12H18N4O3/c1-7-3-13-5-9(7)11(17)16-10(12(18)19)2-8-4-14-6-15-8/h4,6-7,9-10,13H,2-3,5H2,1H3,(H,14,15)(H,16,17)(H,18,19)/t7?,9?,10-/m1/s1. The Hall–Kier alpha value is -1.89. The predicted molar refractivity (Wildman–Crippen MR) is 67.4 cm³/mol. The first-order chi connectivity index (χ1) is 9.08. The number of carboxylic acids is 1. The van der Waals surface area contributed by atoms with Crippen LogP contribution in [0.1, 0.15) is 12.6 Å². The number of aromatic nitrogens is 2. The number of imidazole rings is 1. The van der Waals surface area contributed by atoms with Crippen LogP contribution in [-0.4, -0.2) is 46.1 Å². The van der Waals surface area contributed by atoms with Crippen molar-refractivity contribution in [1.29, 1.82) is 0 Å². The second-order valence-corrected chi connectivity index (χ2v) is 4.92. The molecule has 1 fully saturated rings. The summed E-state index contributed by atoms with van der Waals surface area (Å²) in [5.41, 5.74) is 0.685. The number of aromatic amines is 1. The molecule has 7 heteroatoms. The molecule has 2 unspecified atom stereocenters. The Morgan fingerprint density at radius 2 is 2.37 bits per heavy atom. The molecule has 1 aromatic rings. The van der Waals surface area contributed by atoms with Gasteiger partial charge in [0.1, 0.15) is 6.04 Å². The lowest BCUT2D eigenvalue weighted by Crippen LogP contribution is -2.46. The lowest BCUT2D eigenvalue weighted by Gasteiger charge is -2.18. The van der Waals surface area contributed by atoms with Gasteiger partial charge in [0, 0.05) is 24.9 Å². The van der Waals surface area contributed by atoms with E-state index >= 15 is 0 Å². The van der Waals surface area contributed by atoms with Crippen LogP contribution in [0.2, 0.25) is 0 Å². The van der Waals surface area contributed by atoms with Crippen molar-refractivity contribution in [1.82, 2.24) is 20.6 Å². The van der Waals surface area contributed by atoms with Gasteiger partial charge in [-0.2, -0.15) is 0 Å². The van der Waals surface area contributed by atoms with E-state index in [1.165, 1.54) is 6.33 Å². The lowest BCUT2D eigenvalue weighted by molar-refractivity contribution is -0.142. The fourth-order valence-corrected chi connectivity index (χ4v) is 2.26.